The summed E-state index contributed by atoms with van der Waals surface area (Å²) in [6.45, 7) is 13.3. The van der Waals surface area contributed by atoms with E-state index in [1.165, 1.54) is 13.8 Å². The third kappa shape index (κ3) is 5.63. The molecular formula is C17H25BrO5Si. The molecule has 0 radical (unpaired) electrons. The molecule has 1 aromatic carbocycles. The normalized spacial score (nSPS) is 12.0. The monoisotopic (exact) mass is 416 g/mol. The average molecular weight is 417 g/mol. The highest BCUT2D eigenvalue weighted by molar-refractivity contribution is 9.10. The second kappa shape index (κ2) is 7.69. The Balaban J connectivity index is 3.20. The molecule has 7 heteroatoms. The molecule has 0 N–H and O–H groups in total. The molecule has 0 spiro atoms. The van der Waals surface area contributed by atoms with Crippen LogP contribution in [0.15, 0.2) is 22.7 Å². The average Bonchev–Trinajstić information content (AvgIpc) is 2.37. The molecule has 0 bridgehead atoms. The van der Waals surface area contributed by atoms with Crippen LogP contribution in [0.5, 0.6) is 5.75 Å². The van der Waals surface area contributed by atoms with Crippen molar-refractivity contribution < 1.29 is 23.5 Å². The highest BCUT2D eigenvalue weighted by Gasteiger charge is 2.39. The van der Waals surface area contributed by atoms with Gasteiger partial charge in [-0.05, 0) is 36.3 Å². The Morgan fingerprint density at radius 3 is 2.00 bits per heavy atom. The molecule has 0 aliphatic carbocycles. The highest BCUT2D eigenvalue weighted by atomic mass is 79.9. The van der Waals surface area contributed by atoms with Crippen molar-refractivity contribution in [3.63, 3.8) is 0 Å². The van der Waals surface area contributed by atoms with Crippen molar-refractivity contribution in [1.29, 1.82) is 0 Å². The maximum absolute atomic E-state index is 11.3. The Morgan fingerprint density at radius 1 is 1.08 bits per heavy atom. The van der Waals surface area contributed by atoms with Gasteiger partial charge in [0.2, 0.25) is 8.32 Å². The topological polar surface area (TPSA) is 61.8 Å². The fraction of sp³-hybridized carbons (Fsp3) is 0.529. The van der Waals surface area contributed by atoms with Gasteiger partial charge in [-0.3, -0.25) is 9.59 Å². The van der Waals surface area contributed by atoms with Crippen LogP contribution in [0.25, 0.3) is 0 Å². The largest absolute Gasteiger partial charge is 0.543 e. The quantitative estimate of drug-likeness (QED) is 0.385. The minimum Gasteiger partial charge on any atom is -0.543 e. The molecule has 0 heterocycles. The van der Waals surface area contributed by atoms with Crippen molar-refractivity contribution in [3.05, 3.63) is 28.2 Å². The number of halogens is 1. The fourth-order valence-corrected chi connectivity index (χ4v) is 3.12. The molecule has 0 amide bonds. The third-order valence-electron chi connectivity index (χ3n) is 3.95. The van der Waals surface area contributed by atoms with Crippen molar-refractivity contribution in [2.75, 3.05) is 0 Å². The molecule has 0 atom stereocenters. The van der Waals surface area contributed by atoms with Gasteiger partial charge in [0.1, 0.15) is 5.75 Å². The lowest BCUT2D eigenvalue weighted by molar-refractivity contribution is -0.186. The predicted octanol–water partition coefficient (Wildman–Crippen LogP) is 4.96. The van der Waals surface area contributed by atoms with Gasteiger partial charge in [0, 0.05) is 18.3 Å². The number of ether oxygens (including phenoxy) is 2. The van der Waals surface area contributed by atoms with Crippen LogP contribution >= 0.6 is 15.9 Å². The summed E-state index contributed by atoms with van der Waals surface area (Å²) < 4.78 is 17.2. The van der Waals surface area contributed by atoms with Gasteiger partial charge < -0.3 is 13.9 Å². The van der Waals surface area contributed by atoms with Crippen LogP contribution in [0.2, 0.25) is 18.1 Å². The summed E-state index contributed by atoms with van der Waals surface area (Å²) >= 11 is 3.40. The van der Waals surface area contributed by atoms with E-state index in [2.05, 4.69) is 49.8 Å². The lowest BCUT2D eigenvalue weighted by atomic mass is 10.2. The molecule has 0 unspecified atom stereocenters. The molecule has 0 saturated heterocycles. The van der Waals surface area contributed by atoms with Gasteiger partial charge in [0.25, 0.3) is 6.29 Å². The maximum Gasteiger partial charge on any atom is 0.305 e. The SMILES string of the molecule is CC(=O)OC(OC(C)=O)c1cc(O[Si](C)(C)C(C)(C)C)ccc1Br. The van der Waals surface area contributed by atoms with E-state index in [4.69, 9.17) is 13.9 Å². The van der Waals surface area contributed by atoms with Crippen molar-refractivity contribution in [2.24, 2.45) is 0 Å². The molecule has 0 saturated carbocycles. The zero-order chi connectivity index (χ0) is 18.7. The number of carbonyl (C=O) groups excluding carboxylic acids is 2. The zero-order valence-corrected chi connectivity index (χ0v) is 17.8. The summed E-state index contributed by atoms with van der Waals surface area (Å²) in [5.41, 5.74) is 0.525. The smallest absolute Gasteiger partial charge is 0.305 e. The molecule has 0 fully saturated rings. The van der Waals surface area contributed by atoms with E-state index >= 15 is 0 Å². The molecule has 0 aromatic heterocycles. The number of hydrogen-bond acceptors (Lipinski definition) is 5. The molecular weight excluding hydrogens is 392 g/mol. The molecule has 0 aliphatic rings. The van der Waals surface area contributed by atoms with Gasteiger partial charge in [0.05, 0.1) is 5.56 Å². The van der Waals surface area contributed by atoms with Crippen molar-refractivity contribution in [1.82, 2.24) is 0 Å². The number of carbonyl (C=O) groups is 2. The Morgan fingerprint density at radius 2 is 1.58 bits per heavy atom. The number of hydrogen-bond donors (Lipinski definition) is 0. The van der Waals surface area contributed by atoms with Crippen LogP contribution in [0.4, 0.5) is 0 Å². The molecule has 1 aromatic rings. The van der Waals surface area contributed by atoms with Gasteiger partial charge in [-0.1, -0.05) is 36.7 Å². The first-order valence-electron chi connectivity index (χ1n) is 7.66. The first kappa shape index (κ1) is 20.7. The minimum absolute atomic E-state index is 0.0470. The Hall–Kier alpha value is -1.34. The van der Waals surface area contributed by atoms with E-state index in [-0.39, 0.29) is 5.04 Å². The summed E-state index contributed by atoms with van der Waals surface area (Å²) in [5.74, 6) is -0.420. The maximum atomic E-state index is 11.3. The van der Waals surface area contributed by atoms with Gasteiger partial charge >= 0.3 is 11.9 Å². The summed E-state index contributed by atoms with van der Waals surface area (Å²) in [4.78, 5) is 22.6. The first-order valence-corrected chi connectivity index (χ1v) is 11.4. The number of rotatable bonds is 5. The van der Waals surface area contributed by atoms with Crippen LogP contribution in [-0.4, -0.2) is 20.3 Å². The highest BCUT2D eigenvalue weighted by Crippen LogP contribution is 2.39. The molecule has 24 heavy (non-hydrogen) atoms. The summed E-state index contributed by atoms with van der Waals surface area (Å²) in [6, 6.07) is 5.37. The predicted molar refractivity (Wildman–Crippen MR) is 98.2 cm³/mol. The molecule has 1 rings (SSSR count). The Kier molecular flexibility index (Phi) is 6.64. The van der Waals surface area contributed by atoms with Crippen LogP contribution in [-0.2, 0) is 19.1 Å². The van der Waals surface area contributed by atoms with Crippen molar-refractivity contribution >= 4 is 36.2 Å². The van der Waals surface area contributed by atoms with Crippen LogP contribution in [0.3, 0.4) is 0 Å². The second-order valence-corrected chi connectivity index (χ2v) is 12.7. The van der Waals surface area contributed by atoms with E-state index in [1.807, 2.05) is 6.07 Å². The van der Waals surface area contributed by atoms with Gasteiger partial charge in [-0.2, -0.15) is 0 Å². The van der Waals surface area contributed by atoms with Gasteiger partial charge in [-0.15, -0.1) is 0 Å². The minimum atomic E-state index is -2.02. The van der Waals surface area contributed by atoms with Crippen LogP contribution in [0, 0.1) is 0 Å². The summed E-state index contributed by atoms with van der Waals surface area (Å²) in [6.07, 6.45) is -1.11. The number of benzene rings is 1. The lowest BCUT2D eigenvalue weighted by Crippen LogP contribution is -2.43. The van der Waals surface area contributed by atoms with Crippen molar-refractivity contribution in [2.45, 2.75) is 59.0 Å². The fourth-order valence-electron chi connectivity index (χ4n) is 1.67. The molecule has 5 nitrogen and oxygen atoms in total. The van der Waals surface area contributed by atoms with E-state index in [9.17, 15) is 9.59 Å². The lowest BCUT2D eigenvalue weighted by Gasteiger charge is -2.36. The van der Waals surface area contributed by atoms with E-state index < -0.39 is 26.5 Å². The van der Waals surface area contributed by atoms with Gasteiger partial charge in [-0.25, -0.2) is 0 Å². The second-order valence-electron chi connectivity index (χ2n) is 7.10. The Bertz CT molecular complexity index is 606. The summed E-state index contributed by atoms with van der Waals surface area (Å²) in [5, 5.41) is 0.0470. The van der Waals surface area contributed by atoms with Crippen molar-refractivity contribution in [3.8, 4) is 5.75 Å². The molecule has 0 aliphatic heterocycles. The van der Waals surface area contributed by atoms with Crippen LogP contribution in [0.1, 0.15) is 46.5 Å². The van der Waals surface area contributed by atoms with Crippen LogP contribution < -0.4 is 4.43 Å². The third-order valence-corrected chi connectivity index (χ3v) is 9.03. The van der Waals surface area contributed by atoms with E-state index in [1.54, 1.807) is 12.1 Å². The zero-order valence-electron chi connectivity index (χ0n) is 15.2. The van der Waals surface area contributed by atoms with Gasteiger partial charge in [0.15, 0.2) is 0 Å². The van der Waals surface area contributed by atoms with E-state index in [0.717, 1.165) is 0 Å². The molecule has 134 valence electrons. The van der Waals surface area contributed by atoms with E-state index in [0.29, 0.717) is 15.8 Å². The Labute approximate surface area is 152 Å². The summed E-state index contributed by atoms with van der Waals surface area (Å²) in [7, 11) is -2.02. The number of esters is 2. The first-order chi connectivity index (χ1) is 10.8. The standard InChI is InChI=1S/C17H25BrO5Si/c1-11(19)21-16(22-12(2)20)14-10-13(8-9-15(14)18)23-24(6,7)17(3,4)5/h8-10,16H,1-7H3.